The molecule has 2 saturated carbocycles. The quantitative estimate of drug-likeness (QED) is 0.347. The lowest BCUT2D eigenvalue weighted by atomic mass is 9.64. The highest BCUT2D eigenvalue weighted by molar-refractivity contribution is 5.73. The summed E-state index contributed by atoms with van der Waals surface area (Å²) in [6.07, 6.45) is 6.80. The van der Waals surface area contributed by atoms with E-state index in [1.807, 2.05) is 53.4 Å². The van der Waals surface area contributed by atoms with E-state index >= 15 is 0 Å². The molecule has 3 aliphatic rings. The molecule has 1 amide bonds. The Morgan fingerprint density at radius 2 is 1.14 bits per heavy atom. The monoisotopic (exact) mass is 493 g/mol. The zero-order valence-corrected chi connectivity index (χ0v) is 22.9. The topological polar surface area (TPSA) is 82.1 Å². The predicted octanol–water partition coefficient (Wildman–Crippen LogP) is 5.74. The number of hydrogen-bond donors (Lipinski definition) is 0. The third kappa shape index (κ3) is 7.36. The van der Waals surface area contributed by atoms with E-state index in [0.29, 0.717) is 17.8 Å². The van der Waals surface area contributed by atoms with Crippen molar-refractivity contribution in [1.29, 1.82) is 0 Å². The maximum absolute atomic E-state index is 13.0. The SMILES string of the molecule is CC(C)OC(=O)C1CCC(C2CN(C(=O)OC(C)(C)C)C2C2CCC(C(=O)OC(C)C)CC2)CC1. The van der Waals surface area contributed by atoms with E-state index in [9.17, 15) is 14.4 Å². The molecule has 0 bridgehead atoms. The molecule has 2 aliphatic carbocycles. The molecule has 1 heterocycles. The molecular weight excluding hydrogens is 446 g/mol. The number of hydrogen-bond acceptors (Lipinski definition) is 6. The third-order valence-corrected chi connectivity index (χ3v) is 7.84. The Hall–Kier alpha value is -1.79. The van der Waals surface area contributed by atoms with E-state index in [4.69, 9.17) is 14.2 Å². The van der Waals surface area contributed by atoms with Gasteiger partial charge in [-0.15, -0.1) is 0 Å². The Kier molecular flexibility index (Phi) is 9.14. The number of carbonyl (C=O) groups excluding carboxylic acids is 3. The summed E-state index contributed by atoms with van der Waals surface area (Å²) < 4.78 is 16.6. The summed E-state index contributed by atoms with van der Waals surface area (Å²) in [5.41, 5.74) is -0.528. The first-order chi connectivity index (χ1) is 16.4. The minimum atomic E-state index is -0.528. The fourth-order valence-electron chi connectivity index (χ4n) is 6.24. The van der Waals surface area contributed by atoms with Gasteiger partial charge in [0.05, 0.1) is 24.0 Å². The molecule has 2 unspecified atom stereocenters. The fraction of sp³-hybridized carbons (Fsp3) is 0.893. The average molecular weight is 494 g/mol. The van der Waals surface area contributed by atoms with Gasteiger partial charge in [0.25, 0.3) is 0 Å². The molecule has 1 aliphatic heterocycles. The molecule has 1 saturated heterocycles. The van der Waals surface area contributed by atoms with Gasteiger partial charge in [0.15, 0.2) is 0 Å². The van der Waals surface area contributed by atoms with E-state index in [2.05, 4.69) is 0 Å². The molecular formula is C28H47NO6. The second-order valence-electron chi connectivity index (χ2n) is 12.5. The second-order valence-corrected chi connectivity index (χ2v) is 12.5. The van der Waals surface area contributed by atoms with Gasteiger partial charge < -0.3 is 19.1 Å². The first-order valence-electron chi connectivity index (χ1n) is 13.8. The van der Waals surface area contributed by atoms with Crippen LogP contribution in [0.4, 0.5) is 4.79 Å². The van der Waals surface area contributed by atoms with Crippen molar-refractivity contribution in [3.8, 4) is 0 Å². The zero-order chi connectivity index (χ0) is 25.9. The van der Waals surface area contributed by atoms with Crippen LogP contribution in [-0.4, -0.2) is 53.3 Å². The van der Waals surface area contributed by atoms with Gasteiger partial charge in [0.2, 0.25) is 0 Å². The summed E-state index contributed by atoms with van der Waals surface area (Å²) in [7, 11) is 0. The zero-order valence-electron chi connectivity index (χ0n) is 22.9. The van der Waals surface area contributed by atoms with Crippen LogP contribution in [0.2, 0.25) is 0 Å². The third-order valence-electron chi connectivity index (χ3n) is 7.84. The van der Waals surface area contributed by atoms with Crippen LogP contribution in [0.15, 0.2) is 0 Å². The lowest BCUT2D eigenvalue weighted by Crippen LogP contribution is -2.65. The van der Waals surface area contributed by atoms with Gasteiger partial charge in [-0.3, -0.25) is 9.59 Å². The van der Waals surface area contributed by atoms with Gasteiger partial charge in [0.1, 0.15) is 5.60 Å². The molecule has 35 heavy (non-hydrogen) atoms. The van der Waals surface area contributed by atoms with Crippen molar-refractivity contribution in [2.24, 2.45) is 29.6 Å². The van der Waals surface area contributed by atoms with Crippen LogP contribution in [-0.2, 0) is 23.8 Å². The van der Waals surface area contributed by atoms with Gasteiger partial charge in [-0.1, -0.05) is 0 Å². The van der Waals surface area contributed by atoms with Crippen LogP contribution in [0, 0.1) is 29.6 Å². The first-order valence-corrected chi connectivity index (χ1v) is 13.8. The van der Waals surface area contributed by atoms with Crippen molar-refractivity contribution < 1.29 is 28.6 Å². The molecule has 0 radical (unpaired) electrons. The van der Waals surface area contributed by atoms with Crippen LogP contribution >= 0.6 is 0 Å². The maximum Gasteiger partial charge on any atom is 0.410 e. The lowest BCUT2D eigenvalue weighted by molar-refractivity contribution is -0.156. The number of nitrogens with zero attached hydrogens (tertiary/aromatic N) is 1. The van der Waals surface area contributed by atoms with Crippen LogP contribution in [0.5, 0.6) is 0 Å². The van der Waals surface area contributed by atoms with Crippen molar-refractivity contribution in [2.45, 2.75) is 124 Å². The van der Waals surface area contributed by atoms with Crippen molar-refractivity contribution in [3.05, 3.63) is 0 Å². The fourth-order valence-corrected chi connectivity index (χ4v) is 6.24. The van der Waals surface area contributed by atoms with Crippen LogP contribution < -0.4 is 0 Å². The molecule has 0 spiro atoms. The summed E-state index contributed by atoms with van der Waals surface area (Å²) in [5, 5.41) is 0. The Bertz CT molecular complexity index is 741. The summed E-state index contributed by atoms with van der Waals surface area (Å²) in [6.45, 7) is 14.0. The largest absolute Gasteiger partial charge is 0.463 e. The molecule has 200 valence electrons. The normalized spacial score (nSPS) is 31.6. The maximum atomic E-state index is 13.0. The van der Waals surface area contributed by atoms with Crippen molar-refractivity contribution in [2.75, 3.05) is 6.54 Å². The summed E-state index contributed by atoms with van der Waals surface area (Å²) in [5.74, 6) is 1.11. The molecule has 0 aromatic heterocycles. The van der Waals surface area contributed by atoms with Crippen molar-refractivity contribution in [3.63, 3.8) is 0 Å². The number of esters is 2. The Morgan fingerprint density at radius 1 is 0.714 bits per heavy atom. The van der Waals surface area contributed by atoms with Gasteiger partial charge >= 0.3 is 18.0 Å². The van der Waals surface area contributed by atoms with E-state index in [1.165, 1.54) is 0 Å². The number of ether oxygens (including phenoxy) is 3. The van der Waals surface area contributed by atoms with Crippen molar-refractivity contribution in [1.82, 2.24) is 4.90 Å². The smallest absolute Gasteiger partial charge is 0.410 e. The minimum absolute atomic E-state index is 0.00320. The molecule has 3 rings (SSSR count). The summed E-state index contributed by atoms with van der Waals surface area (Å²) >= 11 is 0. The molecule has 0 aromatic rings. The minimum Gasteiger partial charge on any atom is -0.463 e. The van der Waals surface area contributed by atoms with Gasteiger partial charge in [-0.25, -0.2) is 4.79 Å². The Balaban J connectivity index is 1.63. The highest BCUT2D eigenvalue weighted by Gasteiger charge is 2.51. The molecule has 7 heteroatoms. The number of carbonyl (C=O) groups is 3. The molecule has 0 aromatic carbocycles. The second kappa shape index (κ2) is 11.5. The summed E-state index contributed by atoms with van der Waals surface area (Å²) in [6, 6.07) is 0.149. The molecule has 0 N–H and O–H groups in total. The molecule has 2 atom stereocenters. The lowest BCUT2D eigenvalue weighted by Gasteiger charge is -2.56. The number of rotatable bonds is 6. The Morgan fingerprint density at radius 3 is 1.54 bits per heavy atom. The first kappa shape index (κ1) is 27.8. The van der Waals surface area contributed by atoms with Gasteiger partial charge in [0, 0.05) is 18.5 Å². The van der Waals surface area contributed by atoms with Gasteiger partial charge in [-0.05, 0) is 112 Å². The summed E-state index contributed by atoms with van der Waals surface area (Å²) in [4.78, 5) is 39.8. The van der Waals surface area contributed by atoms with Crippen LogP contribution in [0.1, 0.15) is 99.8 Å². The van der Waals surface area contributed by atoms with E-state index < -0.39 is 5.60 Å². The molecule has 3 fully saturated rings. The molecule has 7 nitrogen and oxygen atoms in total. The van der Waals surface area contributed by atoms with Gasteiger partial charge in [-0.2, -0.15) is 0 Å². The van der Waals surface area contributed by atoms with Crippen LogP contribution in [0.25, 0.3) is 0 Å². The van der Waals surface area contributed by atoms with E-state index in [0.717, 1.165) is 57.9 Å². The number of amides is 1. The van der Waals surface area contributed by atoms with E-state index in [1.54, 1.807) is 0 Å². The predicted molar refractivity (Wildman–Crippen MR) is 134 cm³/mol. The number of likely N-dealkylation sites (tertiary alicyclic amines) is 1. The highest BCUT2D eigenvalue weighted by Crippen LogP contribution is 2.47. The average Bonchev–Trinajstić information content (AvgIpc) is 2.71. The van der Waals surface area contributed by atoms with Crippen LogP contribution in [0.3, 0.4) is 0 Å². The Labute approximate surface area is 211 Å². The van der Waals surface area contributed by atoms with E-state index in [-0.39, 0.29) is 48.1 Å². The van der Waals surface area contributed by atoms with Crippen molar-refractivity contribution >= 4 is 18.0 Å². The standard InChI is InChI=1S/C28H47NO6/c1-17(2)33-25(30)21-12-8-19(9-13-21)23-16-29(27(32)35-28(5,6)7)24(23)20-10-14-22(15-11-20)26(31)34-18(3)4/h17-24H,8-16H2,1-7H3. The highest BCUT2D eigenvalue weighted by atomic mass is 16.6.